The summed E-state index contributed by atoms with van der Waals surface area (Å²) in [5.41, 5.74) is 1.90. The summed E-state index contributed by atoms with van der Waals surface area (Å²) in [6.45, 7) is 1.77. The lowest BCUT2D eigenvalue weighted by Gasteiger charge is -2.27. The number of hydrogen-bond acceptors (Lipinski definition) is 5. The molecular weight excluding hydrogens is 386 g/mol. The minimum absolute atomic E-state index is 0.0663. The average molecular weight is 402 g/mol. The molecule has 3 aromatic rings. The number of para-hydroxylation sites is 2. The van der Waals surface area contributed by atoms with Gasteiger partial charge in [0, 0.05) is 10.4 Å². The van der Waals surface area contributed by atoms with Gasteiger partial charge < -0.3 is 14.4 Å². The monoisotopic (exact) mass is 402 g/mol. The van der Waals surface area contributed by atoms with E-state index < -0.39 is 17.2 Å². The highest BCUT2D eigenvalue weighted by atomic mass is 32.2. The van der Waals surface area contributed by atoms with Gasteiger partial charge in [0.25, 0.3) is 0 Å². The minimum Gasteiger partial charge on any atom is -0.755 e. The van der Waals surface area contributed by atoms with Crippen molar-refractivity contribution >= 4 is 39.9 Å². The van der Waals surface area contributed by atoms with Crippen LogP contribution in [0.25, 0.3) is 10.4 Å². The second-order valence-electron chi connectivity index (χ2n) is 5.63. The topological polar surface area (TPSA) is 89.9 Å². The van der Waals surface area contributed by atoms with Gasteiger partial charge in [-0.3, -0.25) is 8.51 Å². The summed E-state index contributed by atoms with van der Waals surface area (Å²) in [6, 6.07) is 15.6. The molecule has 0 saturated carbocycles. The highest BCUT2D eigenvalue weighted by Crippen LogP contribution is 2.43. The highest BCUT2D eigenvalue weighted by molar-refractivity contribution is 7.81. The van der Waals surface area contributed by atoms with Crippen molar-refractivity contribution in [2.45, 2.75) is 6.92 Å². The summed E-state index contributed by atoms with van der Waals surface area (Å²) >= 11 is -1.70. The SMILES string of the molecule is COc1ccccc1-c1cc(N(c2ccccc2C)S(=O)[O-])c(C(=O)O)s1. The van der Waals surface area contributed by atoms with E-state index >= 15 is 0 Å². The number of ether oxygens (including phenoxy) is 1. The molecule has 0 spiro atoms. The van der Waals surface area contributed by atoms with Crippen LogP contribution in [0.4, 0.5) is 11.4 Å². The molecule has 2 aromatic carbocycles. The number of rotatable bonds is 6. The summed E-state index contributed by atoms with van der Waals surface area (Å²) in [7, 11) is 1.53. The number of aryl methyl sites for hydroxylation is 1. The lowest BCUT2D eigenvalue weighted by atomic mass is 10.1. The maximum absolute atomic E-state index is 12.0. The zero-order valence-electron chi connectivity index (χ0n) is 14.5. The summed E-state index contributed by atoms with van der Waals surface area (Å²) in [5, 5.41) is 9.65. The fourth-order valence-corrected chi connectivity index (χ4v) is 4.49. The van der Waals surface area contributed by atoms with E-state index in [0.29, 0.717) is 27.4 Å². The zero-order valence-corrected chi connectivity index (χ0v) is 16.2. The van der Waals surface area contributed by atoms with Crippen LogP contribution in [-0.4, -0.2) is 26.9 Å². The van der Waals surface area contributed by atoms with E-state index in [4.69, 9.17) is 4.74 Å². The van der Waals surface area contributed by atoms with E-state index in [1.54, 1.807) is 55.5 Å². The molecule has 8 heteroatoms. The molecule has 0 saturated heterocycles. The molecule has 6 nitrogen and oxygen atoms in total. The van der Waals surface area contributed by atoms with Crippen LogP contribution in [0.5, 0.6) is 5.75 Å². The fourth-order valence-electron chi connectivity index (χ4n) is 2.75. The quantitative estimate of drug-likeness (QED) is 0.619. The largest absolute Gasteiger partial charge is 0.755 e. The highest BCUT2D eigenvalue weighted by Gasteiger charge is 2.24. The van der Waals surface area contributed by atoms with Crippen LogP contribution >= 0.6 is 11.3 Å². The Bertz CT molecular complexity index is 1010. The third kappa shape index (κ3) is 3.73. The Hall–Kier alpha value is -2.68. The Morgan fingerprint density at radius 3 is 2.44 bits per heavy atom. The number of nitrogens with zero attached hydrogens (tertiary/aromatic N) is 1. The van der Waals surface area contributed by atoms with E-state index in [1.165, 1.54) is 7.11 Å². The van der Waals surface area contributed by atoms with Crippen molar-refractivity contribution in [3.05, 3.63) is 65.0 Å². The molecule has 140 valence electrons. The van der Waals surface area contributed by atoms with Gasteiger partial charge in [0.05, 0.1) is 29.8 Å². The molecule has 0 radical (unpaired) electrons. The Morgan fingerprint density at radius 1 is 1.15 bits per heavy atom. The van der Waals surface area contributed by atoms with Crippen LogP contribution in [0, 0.1) is 6.92 Å². The van der Waals surface area contributed by atoms with Gasteiger partial charge in [0.2, 0.25) is 0 Å². The van der Waals surface area contributed by atoms with Crippen molar-refractivity contribution in [1.29, 1.82) is 0 Å². The van der Waals surface area contributed by atoms with Crippen molar-refractivity contribution in [3.8, 4) is 16.2 Å². The van der Waals surface area contributed by atoms with Gasteiger partial charge in [-0.05, 0) is 36.8 Å². The van der Waals surface area contributed by atoms with Gasteiger partial charge >= 0.3 is 5.97 Å². The van der Waals surface area contributed by atoms with Gasteiger partial charge in [-0.2, -0.15) is 0 Å². The maximum atomic E-state index is 12.0. The number of aromatic carboxylic acids is 1. The third-order valence-electron chi connectivity index (χ3n) is 3.98. The van der Waals surface area contributed by atoms with Crippen molar-refractivity contribution < 1.29 is 23.4 Å². The lowest BCUT2D eigenvalue weighted by Crippen LogP contribution is -2.21. The lowest BCUT2D eigenvalue weighted by molar-refractivity contribution is 0.0703. The van der Waals surface area contributed by atoms with Crippen molar-refractivity contribution in [2.24, 2.45) is 0 Å². The average Bonchev–Trinajstić information content (AvgIpc) is 3.08. The number of carboxylic acids is 1. The molecular formula is C19H16NO5S2-. The molecule has 1 aromatic heterocycles. The van der Waals surface area contributed by atoms with Crippen LogP contribution in [-0.2, 0) is 11.3 Å². The Labute approximate surface area is 163 Å². The number of carboxylic acid groups (broad SMARTS) is 1. The minimum atomic E-state index is -2.70. The Morgan fingerprint density at radius 2 is 1.81 bits per heavy atom. The normalized spacial score (nSPS) is 11.8. The van der Waals surface area contributed by atoms with Gasteiger partial charge in [-0.25, -0.2) is 4.79 Å². The van der Waals surface area contributed by atoms with Crippen LogP contribution in [0.2, 0.25) is 0 Å². The molecule has 3 rings (SSSR count). The van der Waals surface area contributed by atoms with E-state index in [1.807, 2.05) is 6.07 Å². The molecule has 0 fully saturated rings. The predicted octanol–water partition coefficient (Wildman–Crippen LogP) is 4.36. The summed E-state index contributed by atoms with van der Waals surface area (Å²) < 4.78 is 30.4. The number of anilines is 2. The van der Waals surface area contributed by atoms with Gasteiger partial charge in [0.1, 0.15) is 10.6 Å². The summed E-state index contributed by atoms with van der Waals surface area (Å²) in [4.78, 5) is 12.4. The first-order valence-electron chi connectivity index (χ1n) is 7.89. The summed E-state index contributed by atoms with van der Waals surface area (Å²) in [5.74, 6) is -0.617. The Kier molecular flexibility index (Phi) is 5.59. The van der Waals surface area contributed by atoms with Crippen LogP contribution in [0.3, 0.4) is 0 Å². The fraction of sp³-hybridized carbons (Fsp3) is 0.105. The number of methoxy groups -OCH3 is 1. The first-order chi connectivity index (χ1) is 12.9. The molecule has 1 unspecified atom stereocenters. The molecule has 0 aliphatic rings. The number of benzene rings is 2. The van der Waals surface area contributed by atoms with E-state index in [0.717, 1.165) is 15.6 Å². The second-order valence-corrected chi connectivity index (χ2v) is 7.48. The van der Waals surface area contributed by atoms with Gasteiger partial charge in [0.15, 0.2) is 0 Å². The second kappa shape index (κ2) is 7.91. The molecule has 0 aliphatic heterocycles. The molecule has 1 heterocycles. The van der Waals surface area contributed by atoms with Crippen LogP contribution in [0.15, 0.2) is 54.6 Å². The third-order valence-corrected chi connectivity index (χ3v) is 5.82. The molecule has 0 amide bonds. The van der Waals surface area contributed by atoms with Gasteiger partial charge in [-0.1, -0.05) is 30.3 Å². The predicted molar refractivity (Wildman–Crippen MR) is 106 cm³/mol. The van der Waals surface area contributed by atoms with Crippen LogP contribution < -0.4 is 9.04 Å². The molecule has 1 atom stereocenters. The number of hydrogen-bond donors (Lipinski definition) is 1. The van der Waals surface area contributed by atoms with E-state index in [2.05, 4.69) is 0 Å². The number of carbonyl (C=O) groups is 1. The molecule has 27 heavy (non-hydrogen) atoms. The number of thiophene rings is 1. The van der Waals surface area contributed by atoms with Crippen molar-refractivity contribution in [3.63, 3.8) is 0 Å². The van der Waals surface area contributed by atoms with Crippen molar-refractivity contribution in [1.82, 2.24) is 0 Å². The van der Waals surface area contributed by atoms with Gasteiger partial charge in [-0.15, -0.1) is 11.3 Å². The summed E-state index contributed by atoms with van der Waals surface area (Å²) in [6.07, 6.45) is 0. The Balaban J connectivity index is 2.22. The molecule has 0 aliphatic carbocycles. The van der Waals surface area contributed by atoms with E-state index in [9.17, 15) is 18.7 Å². The zero-order chi connectivity index (χ0) is 19.6. The maximum Gasteiger partial charge on any atom is 0.348 e. The first kappa shape index (κ1) is 19.1. The smallest absolute Gasteiger partial charge is 0.348 e. The molecule has 1 N–H and O–H groups in total. The van der Waals surface area contributed by atoms with E-state index in [-0.39, 0.29) is 10.6 Å². The standard InChI is InChI=1S/C19H17NO5S2/c1-12-7-3-5-9-14(12)20(27(23)24)15-11-17(26-18(15)19(21)22)13-8-4-6-10-16(13)25-2/h3-11H,1-2H3,(H,21,22)(H,23,24)/p-1. The van der Waals surface area contributed by atoms with Crippen molar-refractivity contribution in [2.75, 3.05) is 11.4 Å². The van der Waals surface area contributed by atoms with Crippen LogP contribution in [0.1, 0.15) is 15.2 Å². The first-order valence-corrected chi connectivity index (χ1v) is 9.74. The molecule has 0 bridgehead atoms.